The Morgan fingerprint density at radius 1 is 0.963 bits per heavy atom. The second-order valence-electron chi connectivity index (χ2n) is 6.89. The molecule has 0 aromatic heterocycles. The molecule has 3 rings (SSSR count). The summed E-state index contributed by atoms with van der Waals surface area (Å²) in [4.78, 5) is 17.4. The molecule has 0 amide bonds. The highest BCUT2D eigenvalue weighted by molar-refractivity contribution is 5.98. The molecule has 0 bridgehead atoms. The highest BCUT2D eigenvalue weighted by atomic mass is 16.5. The summed E-state index contributed by atoms with van der Waals surface area (Å²) in [6, 6.07) is 16.3. The molecule has 1 heterocycles. The molecule has 0 spiro atoms. The molecule has 1 saturated heterocycles. The number of methoxy groups -OCH3 is 2. The molecule has 1 fully saturated rings. The van der Waals surface area contributed by atoms with Crippen molar-refractivity contribution in [2.45, 2.75) is 13.0 Å². The van der Waals surface area contributed by atoms with E-state index in [1.807, 2.05) is 6.07 Å². The highest BCUT2D eigenvalue weighted by Crippen LogP contribution is 2.28. The molecular formula is C22H28N2O3. The van der Waals surface area contributed by atoms with Crippen LogP contribution in [0.1, 0.15) is 28.9 Å². The van der Waals surface area contributed by atoms with Crippen LogP contribution in [0, 0.1) is 0 Å². The topological polar surface area (TPSA) is 42.0 Å². The Labute approximate surface area is 161 Å². The molecule has 27 heavy (non-hydrogen) atoms. The lowest BCUT2D eigenvalue weighted by molar-refractivity contribution is 0.0788. The minimum Gasteiger partial charge on any atom is -0.493 e. The molecule has 144 valence electrons. The summed E-state index contributed by atoms with van der Waals surface area (Å²) in [6.45, 7) is 6.42. The van der Waals surface area contributed by atoms with Gasteiger partial charge in [-0.3, -0.25) is 14.6 Å². The lowest BCUT2D eigenvalue weighted by atomic mass is 10.1. The SMILES string of the molecule is COc1ccc(C(=O)CN2CCN(C(C)c3ccccc3)CC2)cc1OC. The van der Waals surface area contributed by atoms with Gasteiger partial charge >= 0.3 is 0 Å². The summed E-state index contributed by atoms with van der Waals surface area (Å²) in [5.74, 6) is 1.34. The number of ether oxygens (including phenoxy) is 2. The van der Waals surface area contributed by atoms with Gasteiger partial charge in [0.15, 0.2) is 17.3 Å². The number of carbonyl (C=O) groups is 1. The molecule has 0 radical (unpaired) electrons. The van der Waals surface area contributed by atoms with Crippen molar-refractivity contribution in [2.24, 2.45) is 0 Å². The minimum atomic E-state index is 0.112. The number of ketones is 1. The minimum absolute atomic E-state index is 0.112. The molecule has 1 aliphatic rings. The van der Waals surface area contributed by atoms with Crippen molar-refractivity contribution in [1.82, 2.24) is 9.80 Å². The summed E-state index contributed by atoms with van der Waals surface area (Å²) in [7, 11) is 3.18. The number of nitrogens with zero attached hydrogens (tertiary/aromatic N) is 2. The third-order valence-electron chi connectivity index (χ3n) is 5.31. The predicted octanol–water partition coefficient (Wildman–Crippen LogP) is 3.27. The summed E-state index contributed by atoms with van der Waals surface area (Å²) >= 11 is 0. The summed E-state index contributed by atoms with van der Waals surface area (Å²) in [5, 5.41) is 0. The van der Waals surface area contributed by atoms with Gasteiger partial charge in [0.2, 0.25) is 0 Å². The molecule has 5 heteroatoms. The Morgan fingerprint density at radius 2 is 1.63 bits per heavy atom. The Morgan fingerprint density at radius 3 is 2.26 bits per heavy atom. The maximum absolute atomic E-state index is 12.7. The van der Waals surface area contributed by atoms with Gasteiger partial charge < -0.3 is 9.47 Å². The van der Waals surface area contributed by atoms with E-state index in [1.54, 1.807) is 32.4 Å². The average Bonchev–Trinajstić information content (AvgIpc) is 2.73. The third-order valence-corrected chi connectivity index (χ3v) is 5.31. The number of piperazine rings is 1. The fraction of sp³-hybridized carbons (Fsp3) is 0.409. The average molecular weight is 368 g/mol. The lowest BCUT2D eigenvalue weighted by Gasteiger charge is -2.38. The zero-order valence-electron chi connectivity index (χ0n) is 16.4. The first-order valence-electron chi connectivity index (χ1n) is 9.39. The van der Waals surface area contributed by atoms with E-state index in [9.17, 15) is 4.79 Å². The van der Waals surface area contributed by atoms with Crippen LogP contribution in [-0.4, -0.2) is 62.5 Å². The lowest BCUT2D eigenvalue weighted by Crippen LogP contribution is -2.48. The van der Waals surface area contributed by atoms with Gasteiger partial charge in [-0.2, -0.15) is 0 Å². The molecule has 0 saturated carbocycles. The number of hydrogen-bond donors (Lipinski definition) is 0. The van der Waals surface area contributed by atoms with Crippen molar-refractivity contribution in [2.75, 3.05) is 46.9 Å². The number of carbonyl (C=O) groups excluding carboxylic acids is 1. The van der Waals surface area contributed by atoms with Crippen LogP contribution >= 0.6 is 0 Å². The van der Waals surface area contributed by atoms with Gasteiger partial charge in [-0.15, -0.1) is 0 Å². The monoisotopic (exact) mass is 368 g/mol. The van der Waals surface area contributed by atoms with Gasteiger partial charge in [0.1, 0.15) is 0 Å². The molecule has 0 N–H and O–H groups in total. The Bertz CT molecular complexity index is 755. The quantitative estimate of drug-likeness (QED) is 0.702. The van der Waals surface area contributed by atoms with Crippen molar-refractivity contribution >= 4 is 5.78 Å². The van der Waals surface area contributed by atoms with Gasteiger partial charge in [0.05, 0.1) is 20.8 Å². The van der Waals surface area contributed by atoms with Crippen LogP contribution in [0.15, 0.2) is 48.5 Å². The molecule has 0 aliphatic carbocycles. The van der Waals surface area contributed by atoms with E-state index in [0.29, 0.717) is 29.6 Å². The molecule has 1 atom stereocenters. The second-order valence-corrected chi connectivity index (χ2v) is 6.89. The molecule has 1 unspecified atom stereocenters. The third kappa shape index (κ3) is 4.67. The van der Waals surface area contributed by atoms with Crippen LogP contribution in [0.4, 0.5) is 0 Å². The van der Waals surface area contributed by atoms with Gasteiger partial charge in [-0.25, -0.2) is 0 Å². The van der Waals surface area contributed by atoms with Crippen LogP contribution in [0.5, 0.6) is 11.5 Å². The van der Waals surface area contributed by atoms with E-state index < -0.39 is 0 Å². The van der Waals surface area contributed by atoms with Crippen LogP contribution in [0.2, 0.25) is 0 Å². The van der Waals surface area contributed by atoms with Crippen LogP contribution in [-0.2, 0) is 0 Å². The van der Waals surface area contributed by atoms with Crippen molar-refractivity contribution in [3.63, 3.8) is 0 Å². The maximum atomic E-state index is 12.7. The normalized spacial score (nSPS) is 16.7. The summed E-state index contributed by atoms with van der Waals surface area (Å²) in [6.07, 6.45) is 0. The Balaban J connectivity index is 1.55. The van der Waals surface area contributed by atoms with Crippen LogP contribution in [0.25, 0.3) is 0 Å². The standard InChI is InChI=1S/C22H28N2O3/c1-17(18-7-5-4-6-8-18)24-13-11-23(12-14-24)16-20(25)19-9-10-21(26-2)22(15-19)27-3/h4-10,15,17H,11-14,16H2,1-3H3. The number of benzene rings is 2. The zero-order chi connectivity index (χ0) is 19.2. The number of hydrogen-bond acceptors (Lipinski definition) is 5. The van der Waals surface area contributed by atoms with E-state index in [2.05, 4.69) is 41.0 Å². The van der Waals surface area contributed by atoms with Gasteiger partial charge in [-0.1, -0.05) is 30.3 Å². The van der Waals surface area contributed by atoms with Gasteiger partial charge in [0.25, 0.3) is 0 Å². The second kappa shape index (κ2) is 9.02. The van der Waals surface area contributed by atoms with Crippen molar-refractivity contribution in [3.05, 3.63) is 59.7 Å². The number of Topliss-reactive ketones (excluding diaryl/α,β-unsaturated/α-hetero) is 1. The van der Waals surface area contributed by atoms with E-state index in [0.717, 1.165) is 26.2 Å². The van der Waals surface area contributed by atoms with Crippen LogP contribution in [0.3, 0.4) is 0 Å². The largest absolute Gasteiger partial charge is 0.493 e. The van der Waals surface area contributed by atoms with E-state index in [4.69, 9.17) is 9.47 Å². The Kier molecular flexibility index (Phi) is 6.48. The summed E-state index contributed by atoms with van der Waals surface area (Å²) in [5.41, 5.74) is 2.00. The molecule has 1 aliphatic heterocycles. The smallest absolute Gasteiger partial charge is 0.176 e. The van der Waals surface area contributed by atoms with Gasteiger partial charge in [0, 0.05) is 37.8 Å². The maximum Gasteiger partial charge on any atom is 0.176 e. The van der Waals surface area contributed by atoms with Crippen LogP contribution < -0.4 is 9.47 Å². The molecular weight excluding hydrogens is 340 g/mol. The van der Waals surface area contributed by atoms with E-state index in [1.165, 1.54) is 5.56 Å². The predicted molar refractivity (Wildman–Crippen MR) is 107 cm³/mol. The first-order chi connectivity index (χ1) is 13.1. The van der Waals surface area contributed by atoms with E-state index in [-0.39, 0.29) is 5.78 Å². The Hall–Kier alpha value is -2.37. The zero-order valence-corrected chi connectivity index (χ0v) is 16.4. The fourth-order valence-corrected chi connectivity index (χ4v) is 3.56. The van der Waals surface area contributed by atoms with E-state index >= 15 is 0 Å². The van der Waals surface area contributed by atoms with Crippen molar-refractivity contribution < 1.29 is 14.3 Å². The molecule has 2 aromatic rings. The van der Waals surface area contributed by atoms with Gasteiger partial charge in [-0.05, 0) is 30.7 Å². The summed E-state index contributed by atoms with van der Waals surface area (Å²) < 4.78 is 10.5. The molecule has 5 nitrogen and oxygen atoms in total. The number of rotatable bonds is 7. The van der Waals surface area contributed by atoms with Crippen molar-refractivity contribution in [3.8, 4) is 11.5 Å². The first kappa shape index (κ1) is 19.4. The highest BCUT2D eigenvalue weighted by Gasteiger charge is 2.23. The fourth-order valence-electron chi connectivity index (χ4n) is 3.56. The molecule has 2 aromatic carbocycles. The van der Waals surface area contributed by atoms with Crippen molar-refractivity contribution in [1.29, 1.82) is 0 Å². The first-order valence-corrected chi connectivity index (χ1v) is 9.39.